The van der Waals surface area contributed by atoms with Crippen LogP contribution in [-0.4, -0.2) is 18.0 Å². The number of ether oxygens (including phenoxy) is 1. The van der Waals surface area contributed by atoms with Crippen molar-refractivity contribution in [1.29, 1.82) is 0 Å². The zero-order valence-electron chi connectivity index (χ0n) is 20.1. The largest absolute Gasteiger partial charge is 0.374 e. The molecule has 0 spiro atoms. The summed E-state index contributed by atoms with van der Waals surface area (Å²) in [6.07, 6.45) is 15.6. The van der Waals surface area contributed by atoms with Crippen LogP contribution in [0.3, 0.4) is 0 Å². The van der Waals surface area contributed by atoms with Gasteiger partial charge in [0.1, 0.15) is 0 Å². The molecule has 2 heteroatoms. The Morgan fingerprint density at radius 1 is 1.00 bits per heavy atom. The molecule has 0 heterocycles. The summed E-state index contributed by atoms with van der Waals surface area (Å²) in [5.41, 5.74) is 1.28. The molecule has 0 N–H and O–H groups in total. The standard InChI is InChI=1S/C24H38O2.C3H8/c1-5-15-26-23(4)14-12-19-18-11-10-17-9-7-8-13-22(17,3)20(18)16-21(25)24(19,23)6-2;1-3-2/h16-19H,5-15H2,1-4H3;3H2,1-2H3. The maximum absolute atomic E-state index is 13.7. The minimum atomic E-state index is -0.284. The van der Waals surface area contributed by atoms with Gasteiger partial charge in [0.05, 0.1) is 11.0 Å². The Kier molecular flexibility index (Phi) is 7.03. The Bertz CT molecular complexity index is 622. The molecule has 0 saturated heterocycles. The number of carbonyl (C=O) groups excluding carboxylic acids is 1. The molecule has 0 aliphatic heterocycles. The number of carbonyl (C=O) groups is 1. The van der Waals surface area contributed by atoms with Crippen molar-refractivity contribution in [2.75, 3.05) is 6.61 Å². The summed E-state index contributed by atoms with van der Waals surface area (Å²) in [5.74, 6) is 2.34. The van der Waals surface area contributed by atoms with Crippen molar-refractivity contribution in [3.8, 4) is 0 Å². The first-order valence-corrected chi connectivity index (χ1v) is 12.7. The molecule has 0 aromatic heterocycles. The normalized spacial score (nSPS) is 43.4. The monoisotopic (exact) mass is 402 g/mol. The molecule has 29 heavy (non-hydrogen) atoms. The summed E-state index contributed by atoms with van der Waals surface area (Å²) >= 11 is 0. The lowest BCUT2D eigenvalue weighted by molar-refractivity contribution is -0.159. The molecule has 0 amide bonds. The Hall–Kier alpha value is -0.630. The van der Waals surface area contributed by atoms with Crippen LogP contribution in [0.1, 0.15) is 112 Å². The first-order chi connectivity index (χ1) is 13.8. The lowest BCUT2D eigenvalue weighted by Gasteiger charge is -2.57. The van der Waals surface area contributed by atoms with Crippen LogP contribution in [0.4, 0.5) is 0 Å². The number of hydrogen-bond acceptors (Lipinski definition) is 2. The van der Waals surface area contributed by atoms with Crippen molar-refractivity contribution in [3.63, 3.8) is 0 Å². The first kappa shape index (κ1) is 23.0. The van der Waals surface area contributed by atoms with Crippen LogP contribution in [0.15, 0.2) is 11.6 Å². The Morgan fingerprint density at radius 3 is 2.38 bits per heavy atom. The molecular weight excluding hydrogens is 356 g/mol. The van der Waals surface area contributed by atoms with Gasteiger partial charge in [-0.05, 0) is 87.5 Å². The van der Waals surface area contributed by atoms with Crippen molar-refractivity contribution >= 4 is 5.78 Å². The van der Waals surface area contributed by atoms with E-state index in [9.17, 15) is 4.79 Å². The third kappa shape index (κ3) is 3.46. The van der Waals surface area contributed by atoms with E-state index in [1.807, 2.05) is 0 Å². The second-order valence-corrected chi connectivity index (χ2v) is 10.8. The van der Waals surface area contributed by atoms with Gasteiger partial charge in [-0.1, -0.05) is 59.5 Å². The highest BCUT2D eigenvalue weighted by Crippen LogP contribution is 2.67. The molecule has 3 fully saturated rings. The summed E-state index contributed by atoms with van der Waals surface area (Å²) in [7, 11) is 0. The fraction of sp³-hybridized carbons (Fsp3) is 0.889. The van der Waals surface area contributed by atoms with E-state index in [0.717, 1.165) is 31.8 Å². The molecule has 0 radical (unpaired) electrons. The van der Waals surface area contributed by atoms with E-state index in [0.29, 0.717) is 23.0 Å². The van der Waals surface area contributed by atoms with Gasteiger partial charge in [-0.25, -0.2) is 0 Å². The summed E-state index contributed by atoms with van der Waals surface area (Å²) in [6, 6.07) is 0. The molecule has 166 valence electrons. The number of hydrogen-bond donors (Lipinski definition) is 0. The Morgan fingerprint density at radius 2 is 1.72 bits per heavy atom. The SMILES string of the molecule is CCC.CCCOC1(C)CCC2C3CCC4CCCCC4(C)C3=CC(=O)C21CC. The average Bonchev–Trinajstić information content (AvgIpc) is 3.01. The van der Waals surface area contributed by atoms with E-state index in [-0.39, 0.29) is 11.0 Å². The summed E-state index contributed by atoms with van der Waals surface area (Å²) < 4.78 is 6.44. The number of ketones is 1. The predicted octanol–water partition coefficient (Wildman–Crippen LogP) is 7.51. The van der Waals surface area contributed by atoms with E-state index in [1.165, 1.54) is 51.4 Å². The van der Waals surface area contributed by atoms with Gasteiger partial charge >= 0.3 is 0 Å². The van der Waals surface area contributed by atoms with Crippen LogP contribution in [0.5, 0.6) is 0 Å². The molecule has 6 atom stereocenters. The molecule has 0 aromatic carbocycles. The van der Waals surface area contributed by atoms with Crippen LogP contribution in [0.25, 0.3) is 0 Å². The fourth-order valence-corrected chi connectivity index (χ4v) is 7.79. The van der Waals surface area contributed by atoms with E-state index in [2.05, 4.69) is 47.6 Å². The fourth-order valence-electron chi connectivity index (χ4n) is 7.79. The van der Waals surface area contributed by atoms with Gasteiger partial charge < -0.3 is 4.74 Å². The smallest absolute Gasteiger partial charge is 0.164 e. The van der Waals surface area contributed by atoms with E-state index in [1.54, 1.807) is 5.57 Å². The number of fused-ring (bicyclic) bond motifs is 5. The Balaban J connectivity index is 0.000000755. The predicted molar refractivity (Wildman–Crippen MR) is 122 cm³/mol. The number of allylic oxidation sites excluding steroid dienone is 2. The number of rotatable bonds is 4. The van der Waals surface area contributed by atoms with Crippen molar-refractivity contribution in [2.45, 2.75) is 118 Å². The van der Waals surface area contributed by atoms with E-state index >= 15 is 0 Å². The second-order valence-electron chi connectivity index (χ2n) is 10.8. The molecule has 2 nitrogen and oxygen atoms in total. The first-order valence-electron chi connectivity index (χ1n) is 12.7. The van der Waals surface area contributed by atoms with Crippen LogP contribution >= 0.6 is 0 Å². The van der Waals surface area contributed by atoms with Gasteiger partial charge in [0, 0.05) is 6.61 Å². The minimum absolute atomic E-state index is 0.272. The van der Waals surface area contributed by atoms with Gasteiger partial charge in [-0.15, -0.1) is 0 Å². The van der Waals surface area contributed by atoms with Crippen LogP contribution < -0.4 is 0 Å². The summed E-state index contributed by atoms with van der Waals surface area (Å²) in [5, 5.41) is 0. The van der Waals surface area contributed by atoms with Gasteiger partial charge in [-0.2, -0.15) is 0 Å². The molecule has 4 aliphatic carbocycles. The molecule has 3 saturated carbocycles. The van der Waals surface area contributed by atoms with E-state index in [4.69, 9.17) is 4.74 Å². The molecule has 6 unspecified atom stereocenters. The molecule has 4 aliphatic rings. The molecule has 0 aromatic rings. The summed E-state index contributed by atoms with van der Waals surface area (Å²) in [6.45, 7) is 14.2. The minimum Gasteiger partial charge on any atom is -0.374 e. The van der Waals surface area contributed by atoms with Crippen LogP contribution in [0.2, 0.25) is 0 Å². The third-order valence-electron chi connectivity index (χ3n) is 9.19. The average molecular weight is 403 g/mol. The topological polar surface area (TPSA) is 26.3 Å². The van der Waals surface area contributed by atoms with Crippen LogP contribution in [0, 0.1) is 28.6 Å². The van der Waals surface area contributed by atoms with Crippen molar-refractivity contribution in [1.82, 2.24) is 0 Å². The molecular formula is C27H46O2. The zero-order valence-corrected chi connectivity index (χ0v) is 20.1. The zero-order chi connectivity index (χ0) is 21.3. The van der Waals surface area contributed by atoms with Gasteiger partial charge in [-0.3, -0.25) is 4.79 Å². The van der Waals surface area contributed by atoms with E-state index < -0.39 is 0 Å². The van der Waals surface area contributed by atoms with Crippen molar-refractivity contribution in [3.05, 3.63) is 11.6 Å². The van der Waals surface area contributed by atoms with Crippen molar-refractivity contribution < 1.29 is 9.53 Å². The third-order valence-corrected chi connectivity index (χ3v) is 9.19. The highest BCUT2D eigenvalue weighted by Gasteiger charge is 2.66. The maximum atomic E-state index is 13.7. The van der Waals surface area contributed by atoms with Gasteiger partial charge in [0.15, 0.2) is 5.78 Å². The van der Waals surface area contributed by atoms with Crippen LogP contribution in [-0.2, 0) is 9.53 Å². The lowest BCUT2D eigenvalue weighted by atomic mass is 9.47. The van der Waals surface area contributed by atoms with Gasteiger partial charge in [0.25, 0.3) is 0 Å². The highest BCUT2D eigenvalue weighted by molar-refractivity contribution is 5.98. The van der Waals surface area contributed by atoms with Crippen molar-refractivity contribution in [2.24, 2.45) is 28.6 Å². The second kappa shape index (κ2) is 8.85. The molecule has 4 rings (SSSR count). The quantitative estimate of drug-likeness (QED) is 0.486. The summed E-state index contributed by atoms with van der Waals surface area (Å²) in [4.78, 5) is 13.7. The Labute approximate surface area is 180 Å². The highest BCUT2D eigenvalue weighted by atomic mass is 16.5. The van der Waals surface area contributed by atoms with Gasteiger partial charge in [0.2, 0.25) is 0 Å². The molecule has 0 bridgehead atoms. The lowest BCUT2D eigenvalue weighted by Crippen LogP contribution is -2.57. The maximum Gasteiger partial charge on any atom is 0.164 e.